The van der Waals surface area contributed by atoms with Crippen molar-refractivity contribution in [2.24, 2.45) is 11.8 Å². The molecule has 128 valence electrons. The van der Waals surface area contributed by atoms with E-state index in [2.05, 4.69) is 26.0 Å². The lowest BCUT2D eigenvalue weighted by Crippen LogP contribution is -2.58. The molecule has 4 heteroatoms. The van der Waals surface area contributed by atoms with Crippen molar-refractivity contribution in [2.75, 3.05) is 13.2 Å². The van der Waals surface area contributed by atoms with Gasteiger partial charge in [0.25, 0.3) is 0 Å². The predicted molar refractivity (Wildman–Crippen MR) is 94.9 cm³/mol. The lowest BCUT2D eigenvalue weighted by atomic mass is 9.65. The summed E-state index contributed by atoms with van der Waals surface area (Å²) < 4.78 is 12.5. The predicted octanol–water partition coefficient (Wildman–Crippen LogP) is 4.23. The van der Waals surface area contributed by atoms with Gasteiger partial charge < -0.3 is 9.47 Å². The van der Waals surface area contributed by atoms with Crippen molar-refractivity contribution in [2.45, 2.75) is 49.0 Å². The van der Waals surface area contributed by atoms with Crippen LogP contribution < -0.4 is 0 Å². The van der Waals surface area contributed by atoms with Gasteiger partial charge in [-0.15, -0.1) is 11.8 Å². The normalized spacial score (nSPS) is 32.2. The Hall–Kier alpha value is -1.10. The van der Waals surface area contributed by atoms with Gasteiger partial charge in [-0.25, -0.2) is 0 Å². The number of Topliss-reactive ketones (excluding diaryl/α,β-unsaturated/α-hetero) is 1. The van der Waals surface area contributed by atoms with Crippen molar-refractivity contribution in [1.82, 2.24) is 0 Å². The van der Waals surface area contributed by atoms with Gasteiger partial charge in [0.05, 0.1) is 18.5 Å². The number of hydrogen-bond donors (Lipinski definition) is 0. The Morgan fingerprint density at radius 3 is 2.38 bits per heavy atom. The summed E-state index contributed by atoms with van der Waals surface area (Å²) in [5.74, 6) is -0.0308. The summed E-state index contributed by atoms with van der Waals surface area (Å²) >= 11 is 1.74. The van der Waals surface area contributed by atoms with E-state index < -0.39 is 5.79 Å². The average Bonchev–Trinajstić information content (AvgIpc) is 3.06. The molecule has 2 aliphatic carbocycles. The first-order valence-electron chi connectivity index (χ1n) is 8.77. The quantitative estimate of drug-likeness (QED) is 0.752. The van der Waals surface area contributed by atoms with Crippen LogP contribution in [0.25, 0.3) is 0 Å². The van der Waals surface area contributed by atoms with Gasteiger partial charge in [-0.1, -0.05) is 29.3 Å². The van der Waals surface area contributed by atoms with Crippen LogP contribution in [0.15, 0.2) is 46.4 Å². The molecular formula is C20H24O3S. The second-order valence-corrected chi connectivity index (χ2v) is 8.47. The largest absolute Gasteiger partial charge is 0.346 e. The van der Waals surface area contributed by atoms with E-state index in [-0.39, 0.29) is 17.1 Å². The highest BCUT2D eigenvalue weighted by molar-refractivity contribution is 8.00. The minimum atomic E-state index is -0.610. The number of carbonyl (C=O) groups is 1. The number of carbonyl (C=O) groups excluding carboxylic acids is 1. The number of ketones is 1. The summed E-state index contributed by atoms with van der Waals surface area (Å²) in [5, 5.41) is 0.0300. The molecule has 0 bridgehead atoms. The first-order chi connectivity index (χ1) is 11.6. The van der Waals surface area contributed by atoms with Gasteiger partial charge in [-0.05, 0) is 38.8 Å². The second-order valence-electron chi connectivity index (χ2n) is 7.19. The fourth-order valence-electron chi connectivity index (χ4n) is 4.40. The van der Waals surface area contributed by atoms with Crippen LogP contribution in [0.5, 0.6) is 0 Å². The van der Waals surface area contributed by atoms with Gasteiger partial charge in [0.15, 0.2) is 5.79 Å². The van der Waals surface area contributed by atoms with E-state index in [9.17, 15) is 4.79 Å². The summed E-state index contributed by atoms with van der Waals surface area (Å²) in [6.07, 6.45) is 2.31. The number of thioether (sulfide) groups is 1. The third-order valence-electron chi connectivity index (χ3n) is 5.79. The summed E-state index contributed by atoms with van der Waals surface area (Å²) in [6, 6.07) is 10.3. The Labute approximate surface area is 147 Å². The van der Waals surface area contributed by atoms with Crippen molar-refractivity contribution >= 4 is 17.5 Å². The monoisotopic (exact) mass is 344 g/mol. The van der Waals surface area contributed by atoms with Crippen molar-refractivity contribution < 1.29 is 14.3 Å². The molecule has 1 aromatic carbocycles. The van der Waals surface area contributed by atoms with E-state index in [0.717, 1.165) is 12.8 Å². The minimum Gasteiger partial charge on any atom is -0.346 e. The number of ether oxygens (including phenoxy) is 2. The van der Waals surface area contributed by atoms with Gasteiger partial charge in [0, 0.05) is 23.2 Å². The first kappa shape index (κ1) is 16.4. The van der Waals surface area contributed by atoms with E-state index in [1.165, 1.54) is 16.0 Å². The van der Waals surface area contributed by atoms with Gasteiger partial charge >= 0.3 is 0 Å². The van der Waals surface area contributed by atoms with E-state index in [0.29, 0.717) is 25.4 Å². The summed E-state index contributed by atoms with van der Waals surface area (Å²) in [6.45, 7) is 5.61. The molecule has 1 saturated heterocycles. The molecule has 3 nitrogen and oxygen atoms in total. The molecule has 1 heterocycles. The zero-order valence-electron chi connectivity index (χ0n) is 14.3. The molecule has 1 aromatic rings. The first-order valence-corrected chi connectivity index (χ1v) is 9.65. The van der Waals surface area contributed by atoms with Crippen LogP contribution in [0.2, 0.25) is 0 Å². The summed E-state index contributed by atoms with van der Waals surface area (Å²) in [4.78, 5) is 14.0. The smallest absolute Gasteiger partial charge is 0.184 e. The Morgan fingerprint density at radius 1 is 1.00 bits per heavy atom. The third kappa shape index (κ3) is 2.65. The topological polar surface area (TPSA) is 35.5 Å². The highest BCUT2D eigenvalue weighted by atomic mass is 32.2. The lowest BCUT2D eigenvalue weighted by molar-refractivity contribution is -0.219. The Balaban J connectivity index is 1.69. The molecule has 0 amide bonds. The molecule has 0 unspecified atom stereocenters. The molecule has 0 aromatic heterocycles. The van der Waals surface area contributed by atoms with E-state index >= 15 is 0 Å². The average molecular weight is 344 g/mol. The fraction of sp³-hybridized carbons (Fsp3) is 0.550. The molecule has 1 spiro atoms. The lowest BCUT2D eigenvalue weighted by Gasteiger charge is -2.50. The zero-order chi connectivity index (χ0) is 16.7. The van der Waals surface area contributed by atoms with Crippen LogP contribution in [0.3, 0.4) is 0 Å². The number of benzene rings is 1. The fourth-order valence-corrected chi connectivity index (χ4v) is 5.77. The van der Waals surface area contributed by atoms with Crippen LogP contribution in [-0.4, -0.2) is 30.0 Å². The van der Waals surface area contributed by atoms with E-state index in [1.807, 2.05) is 18.2 Å². The Morgan fingerprint density at radius 2 is 1.67 bits per heavy atom. The minimum absolute atomic E-state index is 0.0300. The summed E-state index contributed by atoms with van der Waals surface area (Å²) in [7, 11) is 0. The molecule has 0 radical (unpaired) electrons. The highest BCUT2D eigenvalue weighted by Crippen LogP contribution is 2.53. The Kier molecular flexibility index (Phi) is 4.31. The van der Waals surface area contributed by atoms with Crippen molar-refractivity contribution in [1.29, 1.82) is 0 Å². The van der Waals surface area contributed by atoms with Crippen molar-refractivity contribution in [3.05, 3.63) is 41.5 Å². The molecule has 1 saturated carbocycles. The maximum absolute atomic E-state index is 12.9. The molecule has 0 N–H and O–H groups in total. The van der Waals surface area contributed by atoms with Crippen LogP contribution in [0.1, 0.15) is 33.1 Å². The number of fused-ring (bicyclic) bond motifs is 2. The third-order valence-corrected chi connectivity index (χ3v) is 7.12. The molecule has 3 aliphatic rings. The number of rotatable bonds is 2. The van der Waals surface area contributed by atoms with Crippen LogP contribution in [0, 0.1) is 11.8 Å². The highest BCUT2D eigenvalue weighted by Gasteiger charge is 2.59. The van der Waals surface area contributed by atoms with Crippen LogP contribution in [0.4, 0.5) is 0 Å². The van der Waals surface area contributed by atoms with Crippen molar-refractivity contribution in [3.63, 3.8) is 0 Å². The van der Waals surface area contributed by atoms with Crippen LogP contribution in [-0.2, 0) is 14.3 Å². The Bertz CT molecular complexity index is 661. The van der Waals surface area contributed by atoms with E-state index in [4.69, 9.17) is 9.47 Å². The maximum Gasteiger partial charge on any atom is 0.184 e. The molecular weight excluding hydrogens is 320 g/mol. The van der Waals surface area contributed by atoms with Crippen LogP contribution >= 0.6 is 11.8 Å². The van der Waals surface area contributed by atoms with E-state index in [1.54, 1.807) is 11.8 Å². The van der Waals surface area contributed by atoms with Gasteiger partial charge in [0.2, 0.25) is 0 Å². The number of hydrogen-bond acceptors (Lipinski definition) is 4. The van der Waals surface area contributed by atoms with Gasteiger partial charge in [0.1, 0.15) is 5.78 Å². The molecule has 24 heavy (non-hydrogen) atoms. The van der Waals surface area contributed by atoms with Gasteiger partial charge in [-0.2, -0.15) is 0 Å². The summed E-state index contributed by atoms with van der Waals surface area (Å²) in [5.41, 5.74) is 2.76. The number of allylic oxidation sites excluding steroid dienone is 2. The molecule has 4 rings (SSSR count). The molecule has 1 aliphatic heterocycles. The molecule has 3 atom stereocenters. The van der Waals surface area contributed by atoms with Gasteiger partial charge in [-0.3, -0.25) is 4.79 Å². The van der Waals surface area contributed by atoms with Crippen molar-refractivity contribution in [3.8, 4) is 0 Å². The standard InChI is InChI=1S/C20H24O3S/c1-13-10-16-17(11-14(13)2)20(22-8-9-23-20)19(12-18(16)21)24-15-6-4-3-5-7-15/h3-7,16-17,19H,8-12H2,1-2H3/t16-,17+,19+/m0/s1. The zero-order valence-corrected chi connectivity index (χ0v) is 15.1. The molecule has 2 fully saturated rings. The SMILES string of the molecule is CC1=C(C)C[C@@H]2[C@H](C1)C(=O)C[C@@H](Sc1ccccc1)C21OCCO1. The maximum atomic E-state index is 12.9. The second kappa shape index (κ2) is 6.32.